The van der Waals surface area contributed by atoms with Gasteiger partial charge in [-0.1, -0.05) is 11.6 Å². The maximum atomic E-state index is 13.0. The smallest absolute Gasteiger partial charge is 0.208 e. The Kier molecular flexibility index (Phi) is 3.45. The lowest BCUT2D eigenvalue weighted by Gasteiger charge is -2.22. The highest BCUT2D eigenvalue weighted by atomic mass is 35.5. The molecule has 0 amide bonds. The average molecular weight is 226 g/mol. The van der Waals surface area contributed by atoms with Crippen LogP contribution in [-0.4, -0.2) is 16.8 Å². The van der Waals surface area contributed by atoms with Crippen molar-refractivity contribution in [3.63, 3.8) is 0 Å². The minimum atomic E-state index is -1.39. The second kappa shape index (κ2) is 4.20. The van der Waals surface area contributed by atoms with E-state index in [9.17, 15) is 4.39 Å². The van der Waals surface area contributed by atoms with E-state index in [1.54, 1.807) is 0 Å². The predicted molar refractivity (Wildman–Crippen MR) is 50.8 cm³/mol. The third kappa shape index (κ3) is 2.78. The van der Waals surface area contributed by atoms with Crippen molar-refractivity contribution in [1.29, 1.82) is 0 Å². The van der Waals surface area contributed by atoms with E-state index in [2.05, 4.69) is 0 Å². The van der Waals surface area contributed by atoms with Gasteiger partial charge in [0.2, 0.25) is 6.30 Å². The van der Waals surface area contributed by atoms with Crippen LogP contribution in [0.4, 0.5) is 4.39 Å². The second-order valence-electron chi connectivity index (χ2n) is 2.89. The first-order chi connectivity index (χ1) is 6.00. The summed E-state index contributed by atoms with van der Waals surface area (Å²) in [5.74, 6) is 0.334. The van der Waals surface area contributed by atoms with Crippen LogP contribution in [0.25, 0.3) is 0 Å². The Morgan fingerprint density at radius 1 is 1.62 bits per heavy atom. The highest BCUT2D eigenvalue weighted by molar-refractivity contribution is 6.32. The molecule has 0 aromatic rings. The monoisotopic (exact) mass is 225 g/mol. The summed E-state index contributed by atoms with van der Waals surface area (Å²) in [6.07, 6.45) is 1.08. The molecule has 74 valence electrons. The molecule has 1 heterocycles. The Bertz CT molecular complexity index is 253. The number of nitrogens with zero attached hydrogens (tertiary/aromatic N) is 1. The van der Waals surface area contributed by atoms with E-state index in [0.717, 1.165) is 4.42 Å². The van der Waals surface area contributed by atoms with Crippen LogP contribution in [0.15, 0.2) is 23.1 Å². The molecular formula is C8H10Cl2FNO. The Morgan fingerprint density at radius 3 is 2.77 bits per heavy atom. The SMILES string of the molecule is CC(C)OC1=CC(F)N(Cl)C=C1Cl. The number of hydrogen-bond acceptors (Lipinski definition) is 2. The van der Waals surface area contributed by atoms with Crippen molar-refractivity contribution in [2.45, 2.75) is 26.2 Å². The molecule has 5 heteroatoms. The van der Waals surface area contributed by atoms with E-state index in [-0.39, 0.29) is 6.10 Å². The highest BCUT2D eigenvalue weighted by Crippen LogP contribution is 2.27. The Hall–Kier alpha value is -0.410. The number of ether oxygens (including phenoxy) is 1. The van der Waals surface area contributed by atoms with Crippen molar-refractivity contribution < 1.29 is 9.13 Å². The third-order valence-electron chi connectivity index (χ3n) is 1.36. The lowest BCUT2D eigenvalue weighted by atomic mass is 10.3. The van der Waals surface area contributed by atoms with Gasteiger partial charge >= 0.3 is 0 Å². The first kappa shape index (κ1) is 10.7. The molecular weight excluding hydrogens is 216 g/mol. The van der Waals surface area contributed by atoms with Gasteiger partial charge in [-0.25, -0.2) is 4.39 Å². The minimum Gasteiger partial charge on any atom is -0.490 e. The van der Waals surface area contributed by atoms with Gasteiger partial charge in [0.15, 0.2) is 0 Å². The summed E-state index contributed by atoms with van der Waals surface area (Å²) in [5, 5.41) is 0.303. The standard InChI is InChI=1S/C8H10Cl2FNO/c1-5(2)13-7-3-8(11)12(10)4-6(7)9/h3-5,8H,1-2H3. The van der Waals surface area contributed by atoms with Gasteiger partial charge in [-0.15, -0.1) is 0 Å². The number of rotatable bonds is 2. The van der Waals surface area contributed by atoms with Crippen molar-refractivity contribution >= 4 is 23.4 Å². The zero-order valence-electron chi connectivity index (χ0n) is 7.30. The van der Waals surface area contributed by atoms with Gasteiger partial charge < -0.3 is 4.74 Å². The van der Waals surface area contributed by atoms with E-state index < -0.39 is 6.30 Å². The molecule has 0 N–H and O–H groups in total. The van der Waals surface area contributed by atoms with Crippen LogP contribution in [0.2, 0.25) is 0 Å². The Morgan fingerprint density at radius 2 is 2.23 bits per heavy atom. The van der Waals surface area contributed by atoms with Gasteiger partial charge in [-0.2, -0.15) is 0 Å². The fraction of sp³-hybridized carbons (Fsp3) is 0.500. The molecule has 0 fully saturated rings. The van der Waals surface area contributed by atoms with Crippen LogP contribution in [0.1, 0.15) is 13.8 Å². The molecule has 13 heavy (non-hydrogen) atoms. The molecule has 1 aliphatic rings. The average Bonchev–Trinajstić information content (AvgIpc) is 1.99. The van der Waals surface area contributed by atoms with Crippen LogP contribution < -0.4 is 0 Å². The summed E-state index contributed by atoms with van der Waals surface area (Å²) in [7, 11) is 0. The van der Waals surface area contributed by atoms with Crippen LogP contribution in [0, 0.1) is 0 Å². The van der Waals surface area contributed by atoms with Crippen LogP contribution in [-0.2, 0) is 4.74 Å². The van der Waals surface area contributed by atoms with Gasteiger partial charge in [0.05, 0.1) is 11.1 Å². The lowest BCUT2D eigenvalue weighted by Crippen LogP contribution is -2.21. The molecule has 0 spiro atoms. The summed E-state index contributed by atoms with van der Waals surface area (Å²) in [4.78, 5) is 0. The van der Waals surface area contributed by atoms with Gasteiger partial charge in [0.25, 0.3) is 0 Å². The van der Waals surface area contributed by atoms with Crippen molar-refractivity contribution in [3.05, 3.63) is 23.1 Å². The molecule has 1 atom stereocenters. The molecule has 0 aromatic carbocycles. The first-order valence-corrected chi connectivity index (χ1v) is 4.56. The molecule has 0 bridgehead atoms. The van der Waals surface area contributed by atoms with E-state index in [1.807, 2.05) is 13.8 Å². The lowest BCUT2D eigenvalue weighted by molar-refractivity contribution is 0.144. The third-order valence-corrected chi connectivity index (χ3v) is 1.93. The summed E-state index contributed by atoms with van der Waals surface area (Å²) in [5.41, 5.74) is 0. The van der Waals surface area contributed by atoms with Gasteiger partial charge in [-0.3, -0.25) is 4.42 Å². The Labute approximate surface area is 86.7 Å². The minimum absolute atomic E-state index is 0.0394. The zero-order chi connectivity index (χ0) is 10.0. The van der Waals surface area contributed by atoms with Crippen molar-refractivity contribution in [1.82, 2.24) is 4.42 Å². The molecule has 1 aliphatic heterocycles. The normalized spacial score (nSPS) is 22.9. The molecule has 0 aliphatic carbocycles. The molecule has 2 nitrogen and oxygen atoms in total. The molecule has 1 rings (SSSR count). The number of hydrogen-bond donors (Lipinski definition) is 0. The summed E-state index contributed by atoms with van der Waals surface area (Å²) in [6, 6.07) is 0. The second-order valence-corrected chi connectivity index (χ2v) is 3.69. The fourth-order valence-corrected chi connectivity index (χ4v) is 1.28. The van der Waals surface area contributed by atoms with Crippen molar-refractivity contribution in [2.24, 2.45) is 0 Å². The van der Waals surface area contributed by atoms with E-state index in [0.29, 0.717) is 10.8 Å². The molecule has 0 saturated heterocycles. The zero-order valence-corrected chi connectivity index (χ0v) is 8.81. The largest absolute Gasteiger partial charge is 0.490 e. The van der Waals surface area contributed by atoms with Gasteiger partial charge in [0, 0.05) is 24.1 Å². The number of halogens is 3. The quantitative estimate of drug-likeness (QED) is 0.529. The maximum Gasteiger partial charge on any atom is 0.208 e. The fourth-order valence-electron chi connectivity index (χ4n) is 0.868. The molecule has 0 saturated carbocycles. The Balaban J connectivity index is 2.74. The topological polar surface area (TPSA) is 12.5 Å². The molecule has 1 unspecified atom stereocenters. The first-order valence-electron chi connectivity index (χ1n) is 3.85. The van der Waals surface area contributed by atoms with Crippen LogP contribution >= 0.6 is 23.4 Å². The van der Waals surface area contributed by atoms with Crippen LogP contribution in [0.3, 0.4) is 0 Å². The maximum absolute atomic E-state index is 13.0. The van der Waals surface area contributed by atoms with Crippen molar-refractivity contribution in [2.75, 3.05) is 0 Å². The van der Waals surface area contributed by atoms with Crippen molar-refractivity contribution in [3.8, 4) is 0 Å². The molecule has 0 radical (unpaired) electrons. The van der Waals surface area contributed by atoms with Crippen LogP contribution in [0.5, 0.6) is 0 Å². The number of alkyl halides is 1. The predicted octanol–water partition coefficient (Wildman–Crippen LogP) is 3.14. The number of allylic oxidation sites excluding steroid dienone is 1. The molecule has 0 aromatic heterocycles. The highest BCUT2D eigenvalue weighted by Gasteiger charge is 2.20. The van der Waals surface area contributed by atoms with Gasteiger partial charge in [-0.05, 0) is 13.8 Å². The summed E-state index contributed by atoms with van der Waals surface area (Å²) >= 11 is 11.2. The van der Waals surface area contributed by atoms with E-state index >= 15 is 0 Å². The van der Waals surface area contributed by atoms with E-state index in [1.165, 1.54) is 12.3 Å². The van der Waals surface area contributed by atoms with E-state index in [4.69, 9.17) is 28.1 Å². The summed E-state index contributed by atoms with van der Waals surface area (Å²) in [6.45, 7) is 3.68. The summed E-state index contributed by atoms with van der Waals surface area (Å²) < 4.78 is 19.1. The van der Waals surface area contributed by atoms with Gasteiger partial charge in [0.1, 0.15) is 5.76 Å².